The van der Waals surface area contributed by atoms with Gasteiger partial charge in [-0.3, -0.25) is 9.59 Å². The summed E-state index contributed by atoms with van der Waals surface area (Å²) in [5.74, 6) is 2.15. The van der Waals surface area contributed by atoms with Crippen LogP contribution in [0.25, 0.3) is 11.5 Å². The molecule has 1 aromatic carbocycles. The van der Waals surface area contributed by atoms with E-state index in [-0.39, 0.29) is 18.1 Å². The van der Waals surface area contributed by atoms with Gasteiger partial charge in [0.1, 0.15) is 17.4 Å². The number of nitrogens with one attached hydrogen (secondary N) is 3. The number of ether oxygens (including phenoxy) is 1. The van der Waals surface area contributed by atoms with Gasteiger partial charge in [-0.2, -0.15) is 0 Å². The molecule has 0 aliphatic carbocycles. The Hall–Kier alpha value is -4.08. The fourth-order valence-corrected chi connectivity index (χ4v) is 3.14. The van der Waals surface area contributed by atoms with E-state index in [0.717, 1.165) is 0 Å². The average molecular weight is 436 g/mol. The highest BCUT2D eigenvalue weighted by molar-refractivity contribution is 5.99. The summed E-state index contributed by atoms with van der Waals surface area (Å²) in [4.78, 5) is 36.4. The number of rotatable bonds is 5. The van der Waals surface area contributed by atoms with Crippen LogP contribution in [0.4, 0.5) is 11.5 Å². The van der Waals surface area contributed by atoms with Gasteiger partial charge < -0.3 is 25.2 Å². The summed E-state index contributed by atoms with van der Waals surface area (Å²) in [7, 11) is 1.54. The fraction of sp³-hybridized carbons (Fsp3) is 0.273. The third-order valence-corrected chi connectivity index (χ3v) is 4.54. The molecule has 10 nitrogen and oxygen atoms in total. The van der Waals surface area contributed by atoms with Crippen LogP contribution in [0.1, 0.15) is 41.5 Å². The summed E-state index contributed by atoms with van der Waals surface area (Å²) in [5.41, 5.74) is 2.21. The van der Waals surface area contributed by atoms with Gasteiger partial charge in [-0.25, -0.2) is 15.0 Å². The molecule has 10 heteroatoms. The van der Waals surface area contributed by atoms with Crippen molar-refractivity contribution in [2.24, 2.45) is 0 Å². The molecule has 1 amide bonds. The van der Waals surface area contributed by atoms with E-state index in [0.29, 0.717) is 58.1 Å². The van der Waals surface area contributed by atoms with Gasteiger partial charge in [-0.1, -0.05) is 6.07 Å². The first kappa shape index (κ1) is 22.6. The van der Waals surface area contributed by atoms with E-state index in [1.165, 1.54) is 26.4 Å². The molecule has 0 atom stereocenters. The van der Waals surface area contributed by atoms with Crippen LogP contribution in [0.15, 0.2) is 28.8 Å². The molecule has 3 heterocycles. The summed E-state index contributed by atoms with van der Waals surface area (Å²) in [6.45, 7) is 5.18. The molecule has 1 aliphatic rings. The third kappa shape index (κ3) is 4.80. The minimum absolute atomic E-state index is 0.0874. The van der Waals surface area contributed by atoms with Crippen molar-refractivity contribution >= 4 is 29.4 Å². The van der Waals surface area contributed by atoms with Crippen LogP contribution in [0, 0.1) is 12.3 Å². The average Bonchev–Trinajstić information content (AvgIpc) is 3.17. The lowest BCUT2D eigenvalue weighted by molar-refractivity contribution is -0.121. The molecule has 0 radical (unpaired) electrons. The van der Waals surface area contributed by atoms with Crippen LogP contribution in [0.2, 0.25) is 0 Å². The topological polar surface area (TPSA) is 143 Å². The lowest BCUT2D eigenvalue weighted by Gasteiger charge is -2.15. The smallest absolute Gasteiger partial charge is 0.230 e. The van der Waals surface area contributed by atoms with Crippen LogP contribution in [0.3, 0.4) is 0 Å². The number of ketones is 1. The molecule has 2 aromatic heterocycles. The fourth-order valence-electron chi connectivity index (χ4n) is 3.14. The van der Waals surface area contributed by atoms with Gasteiger partial charge in [0.25, 0.3) is 0 Å². The number of oxazole rings is 1. The van der Waals surface area contributed by atoms with Gasteiger partial charge in [0.2, 0.25) is 11.8 Å². The maximum atomic E-state index is 11.9. The molecule has 0 spiro atoms. The largest absolute Gasteiger partial charge is 0.494 e. The number of carbonyl (C=O) groups excluding carboxylic acids is 2. The van der Waals surface area contributed by atoms with Gasteiger partial charge in [-0.05, 0) is 39.1 Å². The Balaban J connectivity index is 0.000000913. The molecule has 166 valence electrons. The quantitative estimate of drug-likeness (QED) is 0.409. The van der Waals surface area contributed by atoms with E-state index in [1.54, 1.807) is 19.9 Å². The van der Waals surface area contributed by atoms with Crippen molar-refractivity contribution in [1.29, 1.82) is 5.41 Å². The number of aryl methyl sites for hydroxylation is 1. The molecule has 32 heavy (non-hydrogen) atoms. The van der Waals surface area contributed by atoms with Crippen molar-refractivity contribution < 1.29 is 18.7 Å². The summed E-state index contributed by atoms with van der Waals surface area (Å²) >= 11 is 0. The Morgan fingerprint density at radius 1 is 1.34 bits per heavy atom. The van der Waals surface area contributed by atoms with E-state index >= 15 is 0 Å². The lowest BCUT2D eigenvalue weighted by Crippen LogP contribution is -2.29. The number of amides is 1. The predicted molar refractivity (Wildman–Crippen MR) is 119 cm³/mol. The molecular weight excluding hydrogens is 412 g/mol. The Bertz CT molecular complexity index is 1170. The van der Waals surface area contributed by atoms with Crippen LogP contribution >= 0.6 is 0 Å². The van der Waals surface area contributed by atoms with E-state index in [4.69, 9.17) is 14.6 Å². The Labute approximate surface area is 185 Å². The molecule has 0 fully saturated rings. The number of para-hydroxylation sites is 1. The monoisotopic (exact) mass is 436 g/mol. The molecular formula is C22H24N6O4. The maximum Gasteiger partial charge on any atom is 0.230 e. The Morgan fingerprint density at radius 3 is 2.78 bits per heavy atom. The van der Waals surface area contributed by atoms with E-state index < -0.39 is 0 Å². The molecule has 3 N–H and O–H groups in total. The van der Waals surface area contributed by atoms with Crippen molar-refractivity contribution in [2.45, 2.75) is 33.7 Å². The molecule has 1 aliphatic heterocycles. The van der Waals surface area contributed by atoms with Gasteiger partial charge in [0.05, 0.1) is 42.6 Å². The van der Waals surface area contributed by atoms with Crippen LogP contribution < -0.4 is 15.4 Å². The minimum atomic E-state index is -0.153. The molecule has 0 bridgehead atoms. The van der Waals surface area contributed by atoms with Crippen molar-refractivity contribution in [3.63, 3.8) is 0 Å². The van der Waals surface area contributed by atoms with Crippen molar-refractivity contribution in [3.8, 4) is 17.2 Å². The summed E-state index contributed by atoms with van der Waals surface area (Å²) in [6, 6.07) is 5.43. The highest BCUT2D eigenvalue weighted by Gasteiger charge is 2.24. The van der Waals surface area contributed by atoms with Crippen molar-refractivity contribution in [2.75, 3.05) is 12.4 Å². The minimum Gasteiger partial charge on any atom is -0.494 e. The number of methoxy groups -OCH3 is 1. The number of Topliss-reactive ketones (excluding diaryl/α,β-unsaturated/α-hetero) is 1. The maximum absolute atomic E-state index is 11.9. The summed E-state index contributed by atoms with van der Waals surface area (Å²) in [5, 5.41) is 12.0. The number of benzene rings is 1. The summed E-state index contributed by atoms with van der Waals surface area (Å²) in [6.07, 6.45) is 2.93. The zero-order valence-corrected chi connectivity index (χ0v) is 18.3. The van der Waals surface area contributed by atoms with Crippen molar-refractivity contribution in [3.05, 3.63) is 47.2 Å². The van der Waals surface area contributed by atoms with E-state index in [9.17, 15) is 9.59 Å². The Morgan fingerprint density at radius 2 is 2.09 bits per heavy atom. The van der Waals surface area contributed by atoms with E-state index in [1.807, 2.05) is 12.1 Å². The molecule has 0 saturated carbocycles. The van der Waals surface area contributed by atoms with Gasteiger partial charge in [-0.15, -0.1) is 0 Å². The molecule has 4 rings (SSSR count). The molecule has 0 saturated heterocycles. The molecule has 3 aromatic rings. The number of fused-ring (bicyclic) bond motifs is 1. The van der Waals surface area contributed by atoms with Crippen LogP contribution in [-0.2, 0) is 17.8 Å². The first-order chi connectivity index (χ1) is 15.4. The predicted octanol–water partition coefficient (Wildman–Crippen LogP) is 3.22. The second kappa shape index (κ2) is 9.82. The number of hydrogen-bond acceptors (Lipinski definition) is 9. The van der Waals surface area contributed by atoms with Crippen molar-refractivity contribution in [1.82, 2.24) is 20.3 Å². The van der Waals surface area contributed by atoms with E-state index in [2.05, 4.69) is 25.6 Å². The highest BCUT2D eigenvalue weighted by Crippen LogP contribution is 2.38. The second-order valence-corrected chi connectivity index (χ2v) is 6.88. The second-order valence-electron chi connectivity index (χ2n) is 6.88. The first-order valence-electron chi connectivity index (χ1n) is 9.87. The van der Waals surface area contributed by atoms with Gasteiger partial charge >= 0.3 is 0 Å². The number of aromatic nitrogens is 3. The molecule has 0 unspecified atom stereocenters. The number of nitrogens with zero attached hydrogens (tertiary/aromatic N) is 3. The number of carbonyl (C=O) groups is 2. The Kier molecular flexibility index (Phi) is 6.93. The normalized spacial score (nSPS) is 12.1. The van der Waals surface area contributed by atoms with Gasteiger partial charge in [0, 0.05) is 6.20 Å². The highest BCUT2D eigenvalue weighted by atomic mass is 16.5. The number of anilines is 2. The van der Waals surface area contributed by atoms with Crippen LogP contribution in [0.5, 0.6) is 5.75 Å². The lowest BCUT2D eigenvalue weighted by atomic mass is 10.1. The SMILES string of the molecule is CC=N.COc1c(Nc2nc(C)ncc2C(C)=O)cccc1-c1nc2c(o1)CNC(=O)C2. The van der Waals surface area contributed by atoms with Crippen LogP contribution in [-0.4, -0.2) is 40.0 Å². The zero-order chi connectivity index (χ0) is 23.3. The number of hydrogen-bond donors (Lipinski definition) is 3. The standard InChI is InChI=1S/C20H19N5O4.C2H5N/c1-10(26)13-8-21-11(2)23-19(13)24-14-6-4-5-12(18(14)28-3)20-25-15-7-17(27)22-9-16(15)29-20;1-2-3/h4-6,8H,7,9H2,1-3H3,(H,22,27)(H,21,23,24);2-3H,1H3. The van der Waals surface area contributed by atoms with Gasteiger partial charge in [0.15, 0.2) is 11.5 Å². The summed E-state index contributed by atoms with van der Waals surface area (Å²) < 4.78 is 11.5. The first-order valence-corrected chi connectivity index (χ1v) is 9.87. The third-order valence-electron chi connectivity index (χ3n) is 4.54. The zero-order valence-electron chi connectivity index (χ0n) is 18.3.